The van der Waals surface area contributed by atoms with E-state index in [2.05, 4.69) is 4.74 Å². The number of carbonyl (C=O) groups excluding carboxylic acids is 1. The van der Waals surface area contributed by atoms with Gasteiger partial charge in [-0.25, -0.2) is 4.79 Å². The first-order valence-corrected chi connectivity index (χ1v) is 6.52. The third-order valence-electron chi connectivity index (χ3n) is 2.52. The normalized spacial score (nSPS) is 28.5. The Bertz CT molecular complexity index is 295. The Morgan fingerprint density at radius 2 is 2.00 bits per heavy atom. The van der Waals surface area contributed by atoms with Crippen LogP contribution in [0.1, 0.15) is 25.7 Å². The Morgan fingerprint density at radius 3 is 2.50 bits per heavy atom. The van der Waals surface area contributed by atoms with Crippen LogP contribution in [0.2, 0.25) is 0 Å². The number of aliphatic hydroxyl groups is 1. The molecule has 0 spiro atoms. The average molecular weight is 256 g/mol. The molecule has 0 aromatic rings. The molecule has 4 nitrogen and oxygen atoms in total. The molecule has 0 aromatic heterocycles. The van der Waals surface area contributed by atoms with Gasteiger partial charge < -0.3 is 9.84 Å². The molecular weight excluding hydrogens is 242 g/mol. The van der Waals surface area contributed by atoms with E-state index in [1.165, 1.54) is 0 Å². The number of hydrogen-bond donors (Lipinski definition) is 1. The summed E-state index contributed by atoms with van der Waals surface area (Å²) in [6.45, 7) is 0. The maximum absolute atomic E-state index is 13.0. The summed E-state index contributed by atoms with van der Waals surface area (Å²) in [6.07, 6.45) is 1.21. The first-order valence-electron chi connectivity index (χ1n) is 4.96. The van der Waals surface area contributed by atoms with Crippen LogP contribution in [-0.2, 0) is 20.3 Å². The monoisotopic (exact) mass is 256 g/mol. The van der Waals surface area contributed by atoms with Crippen LogP contribution in [0.15, 0.2) is 0 Å². The summed E-state index contributed by atoms with van der Waals surface area (Å²) in [4.78, 5) is 11.0. The van der Waals surface area contributed by atoms with Crippen molar-refractivity contribution >= 4 is 16.8 Å². The van der Waals surface area contributed by atoms with Gasteiger partial charge >= 0.3 is 11.2 Å². The van der Waals surface area contributed by atoms with E-state index >= 15 is 0 Å². The van der Waals surface area contributed by atoms with Gasteiger partial charge in [0.2, 0.25) is 0 Å². The highest BCUT2D eigenvalue weighted by Gasteiger charge is 2.47. The summed E-state index contributed by atoms with van der Waals surface area (Å²) < 4.78 is 41.1. The number of carbonyl (C=O) groups is 1. The molecule has 0 radical (unpaired) electrons. The van der Waals surface area contributed by atoms with Crippen LogP contribution in [0.4, 0.5) is 8.78 Å². The Hall–Kier alpha value is -0.560. The first kappa shape index (κ1) is 13.5. The highest BCUT2D eigenvalue weighted by Crippen LogP contribution is 2.25. The fourth-order valence-corrected chi connectivity index (χ4v) is 1.82. The minimum absolute atomic E-state index is 0.360. The van der Waals surface area contributed by atoms with E-state index in [-0.39, 0.29) is 0 Å². The highest BCUT2D eigenvalue weighted by molar-refractivity contribution is 7.86. The van der Waals surface area contributed by atoms with E-state index in [1.54, 1.807) is 0 Å². The van der Waals surface area contributed by atoms with E-state index in [0.717, 1.165) is 19.1 Å². The van der Waals surface area contributed by atoms with Crippen molar-refractivity contribution in [2.75, 3.05) is 6.26 Å². The molecule has 0 aromatic carbocycles. The summed E-state index contributed by atoms with van der Waals surface area (Å²) in [5.41, 5.74) is 0. The molecule has 3 atom stereocenters. The standard InChI is InChI=1S/C9H14F2O4S/c1-16(14)9(10,11)8(13)15-7-5-3-2-4-6(7)12/h6-7,12H,2-5H2,1H3. The quantitative estimate of drug-likeness (QED) is 0.759. The minimum Gasteiger partial charge on any atom is -0.454 e. The Kier molecular flexibility index (Phi) is 4.37. The van der Waals surface area contributed by atoms with Gasteiger partial charge in [0.1, 0.15) is 6.10 Å². The number of esters is 1. The Labute approximate surface area is 94.4 Å². The third-order valence-corrected chi connectivity index (χ3v) is 3.41. The molecule has 1 N–H and O–H groups in total. The fraction of sp³-hybridized carbons (Fsp3) is 0.889. The van der Waals surface area contributed by atoms with Crippen molar-refractivity contribution in [2.24, 2.45) is 0 Å². The lowest BCUT2D eigenvalue weighted by atomic mass is 9.95. The van der Waals surface area contributed by atoms with Crippen molar-refractivity contribution in [3.05, 3.63) is 0 Å². The topological polar surface area (TPSA) is 63.6 Å². The maximum atomic E-state index is 13.0. The molecule has 0 saturated heterocycles. The summed E-state index contributed by atoms with van der Waals surface area (Å²) in [6, 6.07) is 0. The molecule has 1 aliphatic rings. The molecule has 1 saturated carbocycles. The summed E-state index contributed by atoms with van der Waals surface area (Å²) in [5.74, 6) is -1.82. The van der Waals surface area contributed by atoms with Crippen molar-refractivity contribution in [3.8, 4) is 0 Å². The van der Waals surface area contributed by atoms with Crippen LogP contribution < -0.4 is 0 Å². The third kappa shape index (κ3) is 2.98. The second-order valence-corrected chi connectivity index (χ2v) is 5.19. The molecule has 0 heterocycles. The zero-order chi connectivity index (χ0) is 12.3. The van der Waals surface area contributed by atoms with Crippen molar-refractivity contribution in [2.45, 2.75) is 43.1 Å². The van der Waals surface area contributed by atoms with Crippen LogP contribution in [0.5, 0.6) is 0 Å². The molecule has 3 unspecified atom stereocenters. The van der Waals surface area contributed by atoms with E-state index in [4.69, 9.17) is 0 Å². The number of hydrogen-bond acceptors (Lipinski definition) is 4. The lowest BCUT2D eigenvalue weighted by molar-refractivity contribution is -0.174. The molecule has 0 bridgehead atoms. The largest absolute Gasteiger partial charge is 0.454 e. The van der Waals surface area contributed by atoms with Gasteiger partial charge in [0.25, 0.3) is 0 Å². The smallest absolute Gasteiger partial charge is 0.415 e. The van der Waals surface area contributed by atoms with E-state index in [0.29, 0.717) is 12.8 Å². The van der Waals surface area contributed by atoms with Gasteiger partial charge in [-0.1, -0.05) is 6.42 Å². The lowest BCUT2D eigenvalue weighted by Crippen LogP contribution is -2.41. The van der Waals surface area contributed by atoms with Crippen LogP contribution in [0, 0.1) is 0 Å². The van der Waals surface area contributed by atoms with Crippen LogP contribution in [0.3, 0.4) is 0 Å². The van der Waals surface area contributed by atoms with Gasteiger partial charge in [-0.05, 0) is 19.3 Å². The summed E-state index contributed by atoms with van der Waals surface area (Å²) in [5, 5.41) is 5.42. The Balaban J connectivity index is 2.59. The zero-order valence-corrected chi connectivity index (χ0v) is 9.64. The molecular formula is C9H14F2O4S. The summed E-state index contributed by atoms with van der Waals surface area (Å²) in [7, 11) is -2.61. The second-order valence-electron chi connectivity index (χ2n) is 3.77. The van der Waals surface area contributed by atoms with Gasteiger partial charge in [-0.15, -0.1) is 0 Å². The predicted octanol–water partition coefficient (Wildman–Crippen LogP) is 0.804. The molecule has 0 amide bonds. The van der Waals surface area contributed by atoms with Crippen LogP contribution in [-0.4, -0.2) is 39.0 Å². The van der Waals surface area contributed by atoms with E-state index in [9.17, 15) is 22.9 Å². The molecule has 1 fully saturated rings. The molecule has 94 valence electrons. The van der Waals surface area contributed by atoms with Crippen molar-refractivity contribution in [1.29, 1.82) is 0 Å². The number of rotatable bonds is 3. The number of halogens is 2. The van der Waals surface area contributed by atoms with Crippen LogP contribution >= 0.6 is 0 Å². The molecule has 1 aliphatic carbocycles. The molecule has 1 rings (SSSR count). The molecule has 16 heavy (non-hydrogen) atoms. The van der Waals surface area contributed by atoms with E-state index < -0.39 is 34.2 Å². The van der Waals surface area contributed by atoms with Gasteiger partial charge in [-0.3, -0.25) is 4.21 Å². The van der Waals surface area contributed by atoms with Gasteiger partial charge in [0, 0.05) is 6.26 Å². The van der Waals surface area contributed by atoms with Crippen molar-refractivity contribution in [3.63, 3.8) is 0 Å². The number of aliphatic hydroxyl groups excluding tert-OH is 1. The predicted molar refractivity (Wildman–Crippen MR) is 53.4 cm³/mol. The number of ether oxygens (including phenoxy) is 1. The Morgan fingerprint density at radius 1 is 1.44 bits per heavy atom. The van der Waals surface area contributed by atoms with Crippen molar-refractivity contribution in [1.82, 2.24) is 0 Å². The fourth-order valence-electron chi connectivity index (χ4n) is 1.54. The number of alkyl halides is 2. The zero-order valence-electron chi connectivity index (χ0n) is 8.82. The van der Waals surface area contributed by atoms with Crippen molar-refractivity contribution < 1.29 is 27.6 Å². The van der Waals surface area contributed by atoms with Gasteiger partial charge in [0.15, 0.2) is 0 Å². The highest BCUT2D eigenvalue weighted by atomic mass is 32.2. The van der Waals surface area contributed by atoms with E-state index in [1.807, 2.05) is 0 Å². The molecule has 0 aliphatic heterocycles. The maximum Gasteiger partial charge on any atom is 0.415 e. The summed E-state index contributed by atoms with van der Waals surface area (Å²) >= 11 is 0. The SMILES string of the molecule is CS(=O)C(F)(F)C(=O)OC1CCCCC1O. The first-order chi connectivity index (χ1) is 7.35. The second kappa shape index (κ2) is 5.18. The van der Waals surface area contributed by atoms with Gasteiger partial charge in [0.05, 0.1) is 16.9 Å². The molecule has 7 heteroatoms. The average Bonchev–Trinajstić information content (AvgIpc) is 2.21. The van der Waals surface area contributed by atoms with Gasteiger partial charge in [-0.2, -0.15) is 8.78 Å². The lowest BCUT2D eigenvalue weighted by Gasteiger charge is -2.28. The minimum atomic E-state index is -4.00. The van der Waals surface area contributed by atoms with Crippen LogP contribution in [0.25, 0.3) is 0 Å².